The number of nitrogens with one attached hydrogen (secondary N) is 7. The molecule has 4 aromatic rings. The fourth-order valence-electron chi connectivity index (χ4n) is 17.1. The summed E-state index contributed by atoms with van der Waals surface area (Å²) in [7, 11) is -10.7. The average molecular weight is 2100 g/mol. The van der Waals surface area contributed by atoms with Gasteiger partial charge in [0, 0.05) is 109 Å². The zero-order chi connectivity index (χ0) is 106. The second-order valence-corrected chi connectivity index (χ2v) is 43.1. The van der Waals surface area contributed by atoms with Crippen LogP contribution in [0, 0.1) is 40.9 Å². The number of aliphatic hydroxyl groups is 2. The van der Waals surface area contributed by atoms with Crippen molar-refractivity contribution < 1.29 is 148 Å². The first kappa shape index (κ1) is 120. The first-order valence-corrected chi connectivity index (χ1v) is 52.9. The number of nitrogens with zero attached hydrogens (tertiary/aromatic N) is 8. The van der Waals surface area contributed by atoms with Gasteiger partial charge in [-0.1, -0.05) is 138 Å². The predicted molar refractivity (Wildman–Crippen MR) is 521 cm³/mol. The molecule has 48 nitrogen and oxygen atoms in total. The van der Waals surface area contributed by atoms with Crippen LogP contribution in [0.25, 0.3) is 11.2 Å². The van der Waals surface area contributed by atoms with Crippen LogP contribution in [-0.4, -0.2) is 309 Å². The summed E-state index contributed by atoms with van der Waals surface area (Å²) in [5.74, 6) is -9.33. The number of benzene rings is 2. The number of methoxy groups -OCH3 is 2. The highest BCUT2D eigenvalue weighted by atomic mass is 32.2. The van der Waals surface area contributed by atoms with Gasteiger partial charge in [0.25, 0.3) is 0 Å². The summed E-state index contributed by atoms with van der Waals surface area (Å²) in [5, 5.41) is 50.6. The van der Waals surface area contributed by atoms with E-state index in [-0.39, 0.29) is 130 Å². The van der Waals surface area contributed by atoms with Crippen molar-refractivity contribution in [1.29, 1.82) is 0 Å². The van der Waals surface area contributed by atoms with E-state index in [1.54, 1.807) is 84.7 Å². The number of nitrogen functional groups attached to an aromatic ring is 1. The number of likely N-dealkylation sites (tertiary alicyclic amines) is 2. The number of fused-ring (bicyclic) bond motifs is 1. The number of hydrogen-bond donors (Lipinski definition) is 16. The number of urea groups is 1. The van der Waals surface area contributed by atoms with E-state index in [2.05, 4.69) is 67.6 Å². The number of Topliss-reactive ketones (excluding diaryl/α,β-unsaturated/α-hetero) is 1. The Morgan fingerprint density at radius 1 is 0.748 bits per heavy atom. The highest BCUT2D eigenvalue weighted by molar-refractivity contribution is 8.00. The SMILES string of the molecule is C=C(CCCCCN1C(=O)CC(SCCNC(=O)CCNC(=O)C(O)C(C)(C)COP(=O)(O)OP(=O)(O)OCC2OC(n3cnc4c(N)ncnc43)C(O)C2OP(=O)(O)O)C1=O)NC(C(=O)NC(CCCNC(N)=O)C(=O)Nc1ccc(COC(=O)N(C)C(C(=O)NC(C(=O)N(C)C(C(C)CC)C(CC(=O)N2CCCC2C(OC)C(C)C(=O)CC(Cc2ccccc2)C(=O)O)OC)C(C)C)C(C)C)cc1)C(C)C. The molecule has 7 rings (SSSR count). The Kier molecular flexibility index (Phi) is 46.5. The molecule has 19 unspecified atom stereocenters. The van der Waals surface area contributed by atoms with Crippen LogP contribution in [0.2, 0.25) is 0 Å². The van der Waals surface area contributed by atoms with Crippen molar-refractivity contribution in [2.24, 2.45) is 46.7 Å². The predicted octanol–water partition coefficient (Wildman–Crippen LogP) is 5.08. The number of imidazole rings is 1. The van der Waals surface area contributed by atoms with Crippen molar-refractivity contribution in [1.82, 2.24) is 71.0 Å². The maximum atomic E-state index is 14.9. The van der Waals surface area contributed by atoms with Crippen molar-refractivity contribution in [2.75, 3.05) is 91.1 Å². The van der Waals surface area contributed by atoms with Gasteiger partial charge in [0.1, 0.15) is 72.8 Å². The molecule has 19 atom stereocenters. The number of primary amides is 1. The lowest BCUT2D eigenvalue weighted by Gasteiger charge is -2.41. The number of carbonyl (C=O) groups is 13. The standard InChI is InChI=1S/C91H142N17O31P3S/c1-17-54(8)74(64(132-15)44-68(111)106-40-25-30-62(106)76(133-16)56(10)63(109)43-59(88(121)122)42-57-27-21-18-22-28-57)104(13)86(120)71(52(4)5)103-83(117)73(53(6)7)105(14)90(124)134-46-58-31-33-60(34-32-58)101-81(115)61(29-24-36-96-89(93)123)102-82(116)70(51(2)3)100-55(9)26-20-19-23-39-107-69(112)45-66(85(107)119)143-41-38-94-67(110)35-37-95-84(118)78(114)91(11,12)48-136-142(130,131)139-141(128,129)135-47-65-77(138-140(125,126)127)75(113)87(137-65)108-50-99-72-79(92)97-49-98-80(72)108/h18,21-22,27-28,31-34,49-54,56,59,61-62,64-66,70-71,73-78,87,100,113-114H,9,17,19-20,23-26,29-30,35-48H2,1-8,10-16H3,(H,94,110)(H,95,118)(H,101,115)(H,102,116)(H,103,117)(H,121,122)(H,128,129)(H,130,131)(H2,92,97,98)(H3,93,96,123)(H2,125,126,127). The molecule has 0 bridgehead atoms. The first-order valence-electron chi connectivity index (χ1n) is 47.3. The minimum atomic E-state index is -5.67. The molecular formula is C91H142N17O31P3S. The molecule has 0 spiro atoms. The van der Waals surface area contributed by atoms with Crippen LogP contribution in [0.5, 0.6) is 0 Å². The average Bonchev–Trinajstić information content (AvgIpc) is 1.61. The number of rotatable bonds is 61. The molecule has 2 aromatic heterocycles. The van der Waals surface area contributed by atoms with Gasteiger partial charge in [0.2, 0.25) is 53.2 Å². The van der Waals surface area contributed by atoms with Crippen LogP contribution in [-0.2, 0) is 116 Å². The normalized spacial score (nSPS) is 19.9. The molecule has 3 fully saturated rings. The van der Waals surface area contributed by atoms with E-state index in [0.29, 0.717) is 68.4 Å². The molecule has 0 radical (unpaired) electrons. The van der Waals surface area contributed by atoms with E-state index in [9.17, 15) is 111 Å². The summed E-state index contributed by atoms with van der Waals surface area (Å²) in [6.45, 7) is 20.7. The van der Waals surface area contributed by atoms with Crippen LogP contribution >= 0.6 is 35.2 Å². The number of likely N-dealkylation sites (N-methyl/N-ethyl adjacent to an activating group) is 2. The molecule has 143 heavy (non-hydrogen) atoms. The minimum absolute atomic E-state index is 0.00365. The van der Waals surface area contributed by atoms with Gasteiger partial charge in [-0.15, -0.1) is 11.8 Å². The third-order valence-electron chi connectivity index (χ3n) is 25.2. The second kappa shape index (κ2) is 55.5. The summed E-state index contributed by atoms with van der Waals surface area (Å²) in [6.07, 6.45) is -6.13. The van der Waals surface area contributed by atoms with Gasteiger partial charge in [-0.2, -0.15) is 4.31 Å². The summed E-state index contributed by atoms with van der Waals surface area (Å²) in [6, 6.07) is 9.17. The second-order valence-electron chi connectivity index (χ2n) is 37.5. The van der Waals surface area contributed by atoms with Crippen molar-refractivity contribution in [3.63, 3.8) is 0 Å². The lowest BCUT2D eigenvalue weighted by molar-refractivity contribution is -0.148. The van der Waals surface area contributed by atoms with E-state index < -0.39 is 210 Å². The molecule has 12 amide bonds. The number of hydrogen-bond acceptors (Lipinski definition) is 32. The number of thioether (sulfide) groups is 1. The minimum Gasteiger partial charge on any atom is -0.481 e. The van der Waals surface area contributed by atoms with E-state index >= 15 is 0 Å². The number of unbranched alkanes of at least 4 members (excludes halogenated alkanes) is 2. The Hall–Kier alpha value is -10.0. The maximum absolute atomic E-state index is 14.9. The Morgan fingerprint density at radius 3 is 2.04 bits per heavy atom. The van der Waals surface area contributed by atoms with E-state index in [0.717, 1.165) is 39.4 Å². The Balaban J connectivity index is 0.807. The van der Waals surface area contributed by atoms with E-state index in [1.807, 2.05) is 44.2 Å². The largest absolute Gasteiger partial charge is 0.481 e. The fraction of sp³-hybridized carbons (Fsp3) is 0.648. The van der Waals surface area contributed by atoms with Crippen molar-refractivity contribution in [3.8, 4) is 0 Å². The molecule has 798 valence electrons. The third-order valence-corrected chi connectivity index (χ3v) is 29.5. The summed E-state index contributed by atoms with van der Waals surface area (Å²) >= 11 is 1.16. The number of imide groups is 1. The van der Waals surface area contributed by atoms with Crippen LogP contribution in [0.4, 0.5) is 21.1 Å². The number of aromatic nitrogens is 4. The van der Waals surface area contributed by atoms with Crippen molar-refractivity contribution in [2.45, 2.75) is 257 Å². The molecule has 2 aromatic carbocycles. The number of amides is 12. The zero-order valence-electron chi connectivity index (χ0n) is 83.3. The quantitative estimate of drug-likeness (QED) is 0.0156. The van der Waals surface area contributed by atoms with Gasteiger partial charge in [-0.3, -0.25) is 80.7 Å². The summed E-state index contributed by atoms with van der Waals surface area (Å²) in [4.78, 5) is 234. The van der Waals surface area contributed by atoms with Gasteiger partial charge < -0.3 is 112 Å². The molecule has 3 aliphatic rings. The van der Waals surface area contributed by atoms with Crippen LogP contribution in [0.15, 0.2) is 79.5 Å². The number of aliphatic hydroxyl groups excluding tert-OH is 2. The molecule has 3 saturated heterocycles. The van der Waals surface area contributed by atoms with Gasteiger partial charge in [-0.25, -0.2) is 38.2 Å². The van der Waals surface area contributed by atoms with Crippen LogP contribution in [0.3, 0.4) is 0 Å². The number of phosphoric ester groups is 3. The molecule has 0 saturated carbocycles. The van der Waals surface area contributed by atoms with Crippen LogP contribution in [0.1, 0.15) is 177 Å². The number of anilines is 2. The monoisotopic (exact) mass is 2090 g/mol. The topological polar surface area (TPSA) is 681 Å². The van der Waals surface area contributed by atoms with Crippen molar-refractivity contribution in [3.05, 3.63) is 90.7 Å². The Morgan fingerprint density at radius 2 is 1.42 bits per heavy atom. The number of phosphoric acid groups is 3. The number of carboxylic acids is 1. The molecule has 0 aliphatic carbocycles. The number of aliphatic carboxylic acids is 1. The maximum Gasteiger partial charge on any atom is 0.481 e. The number of carbonyl (C=O) groups excluding carboxylic acids is 12. The Labute approximate surface area is 835 Å². The van der Waals surface area contributed by atoms with Gasteiger partial charge in [0.15, 0.2) is 17.7 Å². The van der Waals surface area contributed by atoms with Gasteiger partial charge >= 0.3 is 41.6 Å². The highest BCUT2D eigenvalue weighted by Crippen LogP contribution is 2.61. The molecule has 3 aliphatic heterocycles. The fourth-order valence-corrected chi connectivity index (χ4v) is 21.0. The van der Waals surface area contributed by atoms with Crippen molar-refractivity contribution >= 4 is 135 Å². The van der Waals surface area contributed by atoms with E-state index in [4.69, 9.17) is 39.5 Å². The van der Waals surface area contributed by atoms with Crippen LogP contribution < -0.4 is 48.7 Å². The molecule has 52 heteroatoms. The van der Waals surface area contributed by atoms with Gasteiger partial charge in [-0.05, 0) is 98.3 Å². The smallest absolute Gasteiger partial charge is 0.481 e. The highest BCUT2D eigenvalue weighted by Gasteiger charge is 2.52. The Bertz CT molecular complexity index is 5160. The first-order chi connectivity index (χ1) is 67.1. The number of ketones is 1. The number of nitrogens with two attached hydrogens (primary N) is 2. The van der Waals surface area contributed by atoms with Gasteiger partial charge in [0.05, 0.1) is 61.4 Å². The number of ether oxygens (including phenoxy) is 4. The summed E-state index contributed by atoms with van der Waals surface area (Å²) in [5.41, 5.74) is 11.6. The lowest BCUT2D eigenvalue weighted by Crippen LogP contribution is -2.60. The zero-order valence-corrected chi connectivity index (χ0v) is 86.8. The summed E-state index contributed by atoms with van der Waals surface area (Å²) < 4.78 is 80.9. The molecular weight excluding hydrogens is 1950 g/mol. The number of allylic oxidation sites excluding steroid dienone is 1. The lowest BCUT2D eigenvalue weighted by atomic mass is 9.85. The molecule has 5 heterocycles. The third kappa shape index (κ3) is 35.7. The van der Waals surface area contributed by atoms with E-state index in [1.165, 1.54) is 44.9 Å². The number of carboxylic acid groups (broad SMARTS) is 1. The molecule has 18 N–H and O–H groups in total.